The summed E-state index contributed by atoms with van der Waals surface area (Å²) in [5.41, 5.74) is 0.802. The van der Waals surface area contributed by atoms with E-state index in [-0.39, 0.29) is 26.4 Å². The largest absolute Gasteiger partial charge is 0.491 e. The lowest BCUT2D eigenvalue weighted by atomic mass is 9.95. The molecule has 0 spiro atoms. The fourth-order valence-electron chi connectivity index (χ4n) is 3.03. The maximum atomic E-state index is 13.6. The first-order valence-electron chi connectivity index (χ1n) is 10.8. The van der Waals surface area contributed by atoms with Crippen LogP contribution in [0.5, 0.6) is 11.5 Å². The van der Waals surface area contributed by atoms with Gasteiger partial charge < -0.3 is 39.4 Å². The Morgan fingerprint density at radius 1 is 0.788 bits per heavy atom. The van der Waals surface area contributed by atoms with E-state index in [0.29, 0.717) is 22.6 Å². The molecule has 9 heteroatoms. The number of benzene rings is 2. The van der Waals surface area contributed by atoms with Crippen molar-refractivity contribution >= 4 is 5.78 Å². The molecule has 0 fully saturated rings. The van der Waals surface area contributed by atoms with E-state index >= 15 is 0 Å². The number of hydrogen-bond donors (Lipinski definition) is 4. The molecule has 0 saturated heterocycles. The van der Waals surface area contributed by atoms with Gasteiger partial charge in [0, 0.05) is 24.3 Å². The van der Waals surface area contributed by atoms with Crippen LogP contribution in [0.1, 0.15) is 29.8 Å². The van der Waals surface area contributed by atoms with Gasteiger partial charge in [-0.1, -0.05) is 0 Å². The van der Waals surface area contributed by atoms with E-state index in [0.717, 1.165) is 0 Å². The molecule has 0 aromatic heterocycles. The first-order valence-corrected chi connectivity index (χ1v) is 10.8. The molecule has 2 aromatic carbocycles. The topological polar surface area (TPSA) is 135 Å². The molecule has 2 aromatic rings. The van der Waals surface area contributed by atoms with E-state index in [9.17, 15) is 15.0 Å². The molecular formula is C24H32O9. The lowest BCUT2D eigenvalue weighted by Crippen LogP contribution is -2.42. The number of hydrogen-bond acceptors (Lipinski definition) is 9. The second-order valence-corrected chi connectivity index (χ2v) is 7.16. The van der Waals surface area contributed by atoms with Crippen molar-refractivity contribution in [3.8, 4) is 11.5 Å². The summed E-state index contributed by atoms with van der Waals surface area (Å²) in [6, 6.07) is 12.9. The third-order valence-corrected chi connectivity index (χ3v) is 4.65. The zero-order valence-corrected chi connectivity index (χ0v) is 18.8. The van der Waals surface area contributed by atoms with Crippen LogP contribution in [0.4, 0.5) is 0 Å². The van der Waals surface area contributed by atoms with Gasteiger partial charge in [0.2, 0.25) is 5.78 Å². The van der Waals surface area contributed by atoms with Gasteiger partial charge in [0.1, 0.15) is 36.9 Å². The minimum absolute atomic E-state index is 0.0689. The van der Waals surface area contributed by atoms with Gasteiger partial charge in [0.05, 0.1) is 13.2 Å². The number of ether oxygens (including phenoxy) is 4. The van der Waals surface area contributed by atoms with Gasteiger partial charge in [-0.25, -0.2) is 0 Å². The Hall–Kier alpha value is -2.53. The standard InChI is InChI=1S/C24H32O9/c1-3-32-24(33-4-2,18-7-11-22(12-8-18)31-16-20(28)14-26)23(29)17-5-9-21(10-6-17)30-15-19(27)13-25/h5-12,19-20,25-28H,3-4,13-16H2,1-2H3. The minimum Gasteiger partial charge on any atom is -0.491 e. The molecule has 2 rings (SSSR count). The highest BCUT2D eigenvalue weighted by Gasteiger charge is 2.43. The van der Waals surface area contributed by atoms with Gasteiger partial charge in [-0.3, -0.25) is 4.79 Å². The Bertz CT molecular complexity index is 830. The van der Waals surface area contributed by atoms with Gasteiger partial charge in [0.15, 0.2) is 0 Å². The molecule has 0 saturated carbocycles. The van der Waals surface area contributed by atoms with Crippen LogP contribution in [0.25, 0.3) is 0 Å². The maximum Gasteiger partial charge on any atom is 0.261 e. The number of Topliss-reactive ketones (excluding diaryl/α,β-unsaturated/α-hetero) is 1. The number of carbonyl (C=O) groups excluding carboxylic acids is 1. The highest BCUT2D eigenvalue weighted by molar-refractivity contribution is 6.02. The summed E-state index contributed by atoms with van der Waals surface area (Å²) in [5.74, 6) is -1.20. The van der Waals surface area contributed by atoms with Gasteiger partial charge >= 0.3 is 0 Å². The van der Waals surface area contributed by atoms with Crippen LogP contribution in [-0.2, 0) is 15.3 Å². The van der Waals surface area contributed by atoms with Crippen molar-refractivity contribution in [2.45, 2.75) is 31.8 Å². The molecule has 0 bridgehead atoms. The third kappa shape index (κ3) is 7.23. The smallest absolute Gasteiger partial charge is 0.261 e. The van der Waals surface area contributed by atoms with Crippen molar-refractivity contribution in [2.24, 2.45) is 0 Å². The summed E-state index contributed by atoms with van der Waals surface area (Å²) in [5, 5.41) is 36.6. The summed E-state index contributed by atoms with van der Waals surface area (Å²) in [6.07, 6.45) is -1.98. The van der Waals surface area contributed by atoms with E-state index in [1.807, 2.05) is 0 Å². The SMILES string of the molecule is CCOC(OCC)(C(=O)c1ccc(OCC(O)CO)cc1)c1ccc(OCC(O)CO)cc1. The molecular weight excluding hydrogens is 432 g/mol. The first kappa shape index (κ1) is 26.7. The predicted octanol–water partition coefficient (Wildman–Crippen LogP) is 1.26. The van der Waals surface area contributed by atoms with Crippen LogP contribution >= 0.6 is 0 Å². The molecule has 0 aliphatic rings. The molecule has 0 aliphatic carbocycles. The minimum atomic E-state index is -1.68. The highest BCUT2D eigenvalue weighted by atomic mass is 16.7. The van der Waals surface area contributed by atoms with Crippen molar-refractivity contribution in [2.75, 3.05) is 39.6 Å². The molecule has 2 unspecified atom stereocenters. The van der Waals surface area contributed by atoms with Crippen molar-refractivity contribution in [1.29, 1.82) is 0 Å². The first-order chi connectivity index (χ1) is 15.9. The van der Waals surface area contributed by atoms with Gasteiger partial charge in [-0.05, 0) is 62.4 Å². The van der Waals surface area contributed by atoms with Gasteiger partial charge in [0.25, 0.3) is 5.79 Å². The van der Waals surface area contributed by atoms with Crippen LogP contribution in [0.3, 0.4) is 0 Å². The fraction of sp³-hybridized carbons (Fsp3) is 0.458. The van der Waals surface area contributed by atoms with Crippen molar-refractivity contribution in [1.82, 2.24) is 0 Å². The molecule has 0 amide bonds. The van der Waals surface area contributed by atoms with E-state index in [2.05, 4.69) is 0 Å². The second-order valence-electron chi connectivity index (χ2n) is 7.16. The maximum absolute atomic E-state index is 13.6. The highest BCUT2D eigenvalue weighted by Crippen LogP contribution is 2.33. The third-order valence-electron chi connectivity index (χ3n) is 4.65. The van der Waals surface area contributed by atoms with Crippen LogP contribution in [0, 0.1) is 0 Å². The molecule has 9 nitrogen and oxygen atoms in total. The molecule has 182 valence electrons. The normalized spacial score (nSPS) is 13.4. The summed E-state index contributed by atoms with van der Waals surface area (Å²) < 4.78 is 22.6. The quantitative estimate of drug-likeness (QED) is 0.227. The molecule has 33 heavy (non-hydrogen) atoms. The molecule has 4 N–H and O–H groups in total. The average molecular weight is 465 g/mol. The summed E-state index contributed by atoms with van der Waals surface area (Å²) in [4.78, 5) is 13.6. The van der Waals surface area contributed by atoms with Crippen LogP contribution in [0.15, 0.2) is 48.5 Å². The molecule has 0 aliphatic heterocycles. The summed E-state index contributed by atoms with van der Waals surface area (Å²) in [6.45, 7) is 3.00. The van der Waals surface area contributed by atoms with Crippen LogP contribution < -0.4 is 9.47 Å². The van der Waals surface area contributed by atoms with Crippen LogP contribution in [-0.4, -0.2) is 78.1 Å². The Morgan fingerprint density at radius 3 is 1.61 bits per heavy atom. The van der Waals surface area contributed by atoms with Crippen molar-refractivity contribution < 1.29 is 44.2 Å². The molecule has 2 atom stereocenters. The summed E-state index contributed by atoms with van der Waals surface area (Å²) in [7, 11) is 0. The van der Waals surface area contributed by atoms with Gasteiger partial charge in [-0.15, -0.1) is 0 Å². The average Bonchev–Trinajstić information content (AvgIpc) is 2.85. The molecule has 0 radical (unpaired) electrons. The fourth-order valence-corrected chi connectivity index (χ4v) is 3.03. The number of ketones is 1. The van der Waals surface area contributed by atoms with Gasteiger partial charge in [-0.2, -0.15) is 0 Å². The predicted molar refractivity (Wildman–Crippen MR) is 119 cm³/mol. The lowest BCUT2D eigenvalue weighted by Gasteiger charge is -2.32. The zero-order valence-electron chi connectivity index (χ0n) is 18.8. The van der Waals surface area contributed by atoms with E-state index < -0.39 is 37.0 Å². The molecule has 0 heterocycles. The lowest BCUT2D eigenvalue weighted by molar-refractivity contribution is -0.204. The van der Waals surface area contributed by atoms with Crippen molar-refractivity contribution in [3.63, 3.8) is 0 Å². The number of aliphatic hydroxyl groups is 4. The number of aliphatic hydroxyl groups excluding tert-OH is 4. The van der Waals surface area contributed by atoms with E-state index in [4.69, 9.17) is 29.2 Å². The van der Waals surface area contributed by atoms with E-state index in [1.165, 1.54) is 0 Å². The zero-order chi connectivity index (χ0) is 24.3. The monoisotopic (exact) mass is 464 g/mol. The number of rotatable bonds is 15. The van der Waals surface area contributed by atoms with Crippen molar-refractivity contribution in [3.05, 3.63) is 59.7 Å². The number of carbonyl (C=O) groups is 1. The summed E-state index contributed by atoms with van der Waals surface area (Å²) >= 11 is 0. The Kier molecular flexibility index (Phi) is 10.7. The second kappa shape index (κ2) is 13.2. The van der Waals surface area contributed by atoms with E-state index in [1.54, 1.807) is 62.4 Å². The Labute approximate surface area is 193 Å². The Balaban J connectivity index is 2.27. The Morgan fingerprint density at radius 2 is 1.21 bits per heavy atom. The van der Waals surface area contributed by atoms with Crippen LogP contribution in [0.2, 0.25) is 0 Å².